The first-order valence-corrected chi connectivity index (χ1v) is 10.1. The van der Waals surface area contributed by atoms with E-state index >= 15 is 0 Å². The number of benzene rings is 1. The number of hydrogen-bond donors (Lipinski definition) is 2. The van der Waals surface area contributed by atoms with Crippen LogP contribution >= 0.6 is 11.3 Å². The van der Waals surface area contributed by atoms with E-state index in [4.69, 9.17) is 10.5 Å². The molecule has 3 N–H and O–H groups in total. The maximum absolute atomic E-state index is 5.92. The normalized spacial score (nSPS) is 11.7. The molecule has 0 atom stereocenters. The highest BCUT2D eigenvalue weighted by molar-refractivity contribution is 7.09. The molecule has 6 heteroatoms. The van der Waals surface area contributed by atoms with E-state index in [9.17, 15) is 0 Å². The van der Waals surface area contributed by atoms with Crippen LogP contribution < -0.4 is 15.8 Å². The van der Waals surface area contributed by atoms with Crippen molar-refractivity contribution in [2.24, 2.45) is 10.7 Å². The number of guanidine groups is 1. The van der Waals surface area contributed by atoms with E-state index in [1.165, 1.54) is 4.88 Å². The van der Waals surface area contributed by atoms with Gasteiger partial charge in [-0.1, -0.05) is 32.0 Å². The van der Waals surface area contributed by atoms with Gasteiger partial charge in [0.05, 0.1) is 6.54 Å². The Labute approximate surface area is 160 Å². The zero-order valence-electron chi connectivity index (χ0n) is 15.8. The molecule has 0 amide bonds. The van der Waals surface area contributed by atoms with Crippen LogP contribution in [0.5, 0.6) is 5.75 Å². The SMILES string of the molecule is CCN(CC)CCOc1ccc(CN=C(N)NCCc2cccs2)cc1. The van der Waals surface area contributed by atoms with Gasteiger partial charge in [0.1, 0.15) is 12.4 Å². The van der Waals surface area contributed by atoms with E-state index in [0.29, 0.717) is 19.1 Å². The molecule has 0 bridgehead atoms. The average Bonchev–Trinajstić information content (AvgIpc) is 3.18. The van der Waals surface area contributed by atoms with Crippen molar-refractivity contribution in [2.75, 3.05) is 32.8 Å². The number of likely N-dealkylation sites (N-methyl/N-ethyl adjacent to an activating group) is 1. The fourth-order valence-corrected chi connectivity index (χ4v) is 3.23. The van der Waals surface area contributed by atoms with Crippen LogP contribution in [-0.2, 0) is 13.0 Å². The number of rotatable bonds is 11. The zero-order valence-corrected chi connectivity index (χ0v) is 16.6. The Kier molecular flexibility index (Phi) is 9.00. The van der Waals surface area contributed by atoms with Crippen molar-refractivity contribution in [2.45, 2.75) is 26.8 Å². The van der Waals surface area contributed by atoms with Crippen LogP contribution in [0.3, 0.4) is 0 Å². The number of nitrogens with two attached hydrogens (primary N) is 1. The van der Waals surface area contributed by atoms with E-state index in [-0.39, 0.29) is 0 Å². The Hall–Kier alpha value is -2.05. The molecule has 0 aliphatic heterocycles. The van der Waals surface area contributed by atoms with Crippen LogP contribution in [0.2, 0.25) is 0 Å². The van der Waals surface area contributed by atoms with Gasteiger partial charge in [-0.3, -0.25) is 0 Å². The summed E-state index contributed by atoms with van der Waals surface area (Å²) in [6.45, 7) is 9.47. The van der Waals surface area contributed by atoms with E-state index in [1.807, 2.05) is 24.3 Å². The molecule has 0 unspecified atom stereocenters. The third-order valence-corrected chi connectivity index (χ3v) is 5.12. The summed E-state index contributed by atoms with van der Waals surface area (Å²) in [5.41, 5.74) is 7.04. The first-order valence-electron chi connectivity index (χ1n) is 9.21. The standard InChI is InChI=1S/C20H30N4OS/c1-3-24(4-2)13-14-25-18-9-7-17(8-10-18)16-23-20(21)22-12-11-19-6-5-15-26-19/h5-10,15H,3-4,11-14,16H2,1-2H3,(H3,21,22,23). The fraction of sp³-hybridized carbons (Fsp3) is 0.450. The van der Waals surface area contributed by atoms with Crippen molar-refractivity contribution in [3.8, 4) is 5.75 Å². The van der Waals surface area contributed by atoms with Gasteiger partial charge >= 0.3 is 0 Å². The molecule has 1 heterocycles. The Balaban J connectivity index is 1.68. The van der Waals surface area contributed by atoms with Gasteiger partial charge in [-0.15, -0.1) is 11.3 Å². The summed E-state index contributed by atoms with van der Waals surface area (Å²) in [5.74, 6) is 1.38. The van der Waals surface area contributed by atoms with Crippen LogP contribution in [0.4, 0.5) is 0 Å². The second-order valence-electron chi connectivity index (χ2n) is 5.98. The predicted molar refractivity (Wildman–Crippen MR) is 111 cm³/mol. The number of nitrogens with one attached hydrogen (secondary N) is 1. The second kappa shape index (κ2) is 11.5. The largest absolute Gasteiger partial charge is 0.492 e. The van der Waals surface area contributed by atoms with Gasteiger partial charge < -0.3 is 20.7 Å². The molecule has 0 radical (unpaired) electrons. The average molecular weight is 375 g/mol. The minimum atomic E-state index is 0.487. The molecule has 2 rings (SSSR count). The van der Waals surface area contributed by atoms with Gasteiger partial charge in [0.25, 0.3) is 0 Å². The molecule has 2 aromatic rings. The van der Waals surface area contributed by atoms with E-state index in [1.54, 1.807) is 11.3 Å². The van der Waals surface area contributed by atoms with Crippen LogP contribution in [0.25, 0.3) is 0 Å². The number of hydrogen-bond acceptors (Lipinski definition) is 4. The van der Waals surface area contributed by atoms with Crippen molar-refractivity contribution in [3.63, 3.8) is 0 Å². The summed E-state index contributed by atoms with van der Waals surface area (Å²) < 4.78 is 5.80. The van der Waals surface area contributed by atoms with Crippen LogP contribution in [0.15, 0.2) is 46.8 Å². The Morgan fingerprint density at radius 2 is 1.96 bits per heavy atom. The minimum absolute atomic E-state index is 0.487. The van der Waals surface area contributed by atoms with Crippen molar-refractivity contribution in [1.29, 1.82) is 0 Å². The molecule has 0 saturated carbocycles. The van der Waals surface area contributed by atoms with Gasteiger partial charge in [-0.2, -0.15) is 0 Å². The maximum atomic E-state index is 5.92. The highest BCUT2D eigenvalue weighted by atomic mass is 32.1. The van der Waals surface area contributed by atoms with E-state index < -0.39 is 0 Å². The predicted octanol–water partition coefficient (Wildman–Crippen LogP) is 3.12. The van der Waals surface area contributed by atoms with Crippen molar-refractivity contribution >= 4 is 17.3 Å². The van der Waals surface area contributed by atoms with Gasteiger partial charge in [-0.25, -0.2) is 4.99 Å². The first-order chi connectivity index (χ1) is 12.7. The number of nitrogens with zero attached hydrogens (tertiary/aromatic N) is 2. The second-order valence-corrected chi connectivity index (χ2v) is 7.01. The Morgan fingerprint density at radius 3 is 2.62 bits per heavy atom. The molecule has 1 aromatic heterocycles. The molecule has 0 saturated heterocycles. The van der Waals surface area contributed by atoms with Gasteiger partial charge in [0, 0.05) is 18.0 Å². The molecule has 142 valence electrons. The smallest absolute Gasteiger partial charge is 0.188 e. The lowest BCUT2D eigenvalue weighted by Gasteiger charge is -2.18. The van der Waals surface area contributed by atoms with Crippen molar-refractivity contribution < 1.29 is 4.74 Å². The van der Waals surface area contributed by atoms with E-state index in [2.05, 4.69) is 46.6 Å². The molecule has 1 aromatic carbocycles. The van der Waals surface area contributed by atoms with Crippen LogP contribution in [0.1, 0.15) is 24.3 Å². The van der Waals surface area contributed by atoms with Gasteiger partial charge in [0.15, 0.2) is 5.96 Å². The van der Waals surface area contributed by atoms with Gasteiger partial charge in [-0.05, 0) is 48.7 Å². The molecule has 0 aliphatic rings. The summed E-state index contributed by atoms with van der Waals surface area (Å²) in [6, 6.07) is 12.3. The lowest BCUT2D eigenvalue weighted by Crippen LogP contribution is -2.33. The summed E-state index contributed by atoms with van der Waals surface area (Å²) in [5, 5.41) is 5.24. The third-order valence-electron chi connectivity index (χ3n) is 4.18. The zero-order chi connectivity index (χ0) is 18.6. The maximum Gasteiger partial charge on any atom is 0.188 e. The minimum Gasteiger partial charge on any atom is -0.492 e. The van der Waals surface area contributed by atoms with Crippen molar-refractivity contribution in [3.05, 3.63) is 52.2 Å². The summed E-state index contributed by atoms with van der Waals surface area (Å²) in [6.07, 6.45) is 0.966. The highest BCUT2D eigenvalue weighted by Gasteiger charge is 2.00. The van der Waals surface area contributed by atoms with Crippen molar-refractivity contribution in [1.82, 2.24) is 10.2 Å². The summed E-state index contributed by atoms with van der Waals surface area (Å²) >= 11 is 1.76. The van der Waals surface area contributed by atoms with Crippen LogP contribution in [-0.4, -0.2) is 43.6 Å². The van der Waals surface area contributed by atoms with Crippen LogP contribution in [0, 0.1) is 0 Å². The Morgan fingerprint density at radius 1 is 1.19 bits per heavy atom. The number of aliphatic imine (C=N–C) groups is 1. The summed E-state index contributed by atoms with van der Waals surface area (Å²) in [7, 11) is 0. The van der Waals surface area contributed by atoms with Gasteiger partial charge in [0.2, 0.25) is 0 Å². The fourth-order valence-electron chi connectivity index (χ4n) is 2.52. The monoisotopic (exact) mass is 374 g/mol. The topological polar surface area (TPSA) is 62.9 Å². The lowest BCUT2D eigenvalue weighted by atomic mass is 10.2. The van der Waals surface area contributed by atoms with E-state index in [0.717, 1.165) is 43.9 Å². The molecular formula is C20H30N4OS. The first kappa shape index (κ1) is 20.3. The molecule has 5 nitrogen and oxygen atoms in total. The number of ether oxygens (including phenoxy) is 1. The quantitative estimate of drug-likeness (QED) is 0.469. The number of thiophene rings is 1. The third kappa shape index (κ3) is 7.45. The molecule has 26 heavy (non-hydrogen) atoms. The molecule has 0 fully saturated rings. The molecule has 0 spiro atoms. The highest BCUT2D eigenvalue weighted by Crippen LogP contribution is 2.13. The lowest BCUT2D eigenvalue weighted by molar-refractivity contribution is 0.223. The molecular weight excluding hydrogens is 344 g/mol. The molecule has 0 aliphatic carbocycles. The summed E-state index contributed by atoms with van der Waals surface area (Å²) in [4.78, 5) is 8.08. The Bertz CT molecular complexity index is 636.